The normalized spacial score (nSPS) is 16.6. The van der Waals surface area contributed by atoms with Crippen LogP contribution in [0.1, 0.15) is 31.0 Å². The molecule has 2 amide bonds. The monoisotopic (exact) mass is 502 g/mol. The fourth-order valence-electron chi connectivity index (χ4n) is 4.82. The van der Waals surface area contributed by atoms with Crippen molar-refractivity contribution in [2.75, 3.05) is 31.6 Å². The molecule has 3 heterocycles. The van der Waals surface area contributed by atoms with Gasteiger partial charge in [0.1, 0.15) is 17.8 Å². The average molecular weight is 503 g/mol. The van der Waals surface area contributed by atoms with Gasteiger partial charge in [0.15, 0.2) is 11.6 Å². The number of nitrogens with zero attached hydrogens (tertiary/aromatic N) is 4. The second-order valence-electron chi connectivity index (χ2n) is 9.56. The van der Waals surface area contributed by atoms with Gasteiger partial charge in [0.2, 0.25) is 0 Å². The number of nitrogens with one attached hydrogen (secondary N) is 2. The molecular weight excluding hydrogens is 471 g/mol. The molecule has 2 aromatic carbocycles. The molecule has 2 N–H and O–H groups in total. The lowest BCUT2D eigenvalue weighted by atomic mass is 10.1. The molecule has 0 spiro atoms. The Kier molecular flexibility index (Phi) is 6.69. The van der Waals surface area contributed by atoms with Crippen LogP contribution in [0.5, 0.6) is 5.75 Å². The van der Waals surface area contributed by atoms with E-state index in [9.17, 15) is 9.18 Å². The number of ether oxygens (including phenoxy) is 1. The Morgan fingerprint density at radius 1 is 1.16 bits per heavy atom. The summed E-state index contributed by atoms with van der Waals surface area (Å²) in [6.07, 6.45) is 1.58. The van der Waals surface area contributed by atoms with Gasteiger partial charge in [-0.25, -0.2) is 19.2 Å². The Balaban J connectivity index is 1.29. The van der Waals surface area contributed by atoms with Gasteiger partial charge in [-0.2, -0.15) is 0 Å². The van der Waals surface area contributed by atoms with E-state index in [4.69, 9.17) is 4.74 Å². The summed E-state index contributed by atoms with van der Waals surface area (Å²) in [4.78, 5) is 29.6. The molecule has 1 saturated heterocycles. The van der Waals surface area contributed by atoms with Crippen molar-refractivity contribution in [1.82, 2.24) is 25.2 Å². The molecule has 9 heteroatoms. The maximum absolute atomic E-state index is 13.8. The first-order valence-electron chi connectivity index (χ1n) is 12.4. The predicted molar refractivity (Wildman–Crippen MR) is 142 cm³/mol. The summed E-state index contributed by atoms with van der Waals surface area (Å²) in [5, 5.41) is 4.00. The number of carbonyl (C=O) groups excluding carboxylic acids is 1. The Morgan fingerprint density at radius 2 is 1.95 bits per heavy atom. The van der Waals surface area contributed by atoms with E-state index in [1.807, 2.05) is 18.7 Å². The Hall–Kier alpha value is -4.14. The van der Waals surface area contributed by atoms with Crippen LogP contribution in [-0.4, -0.2) is 58.7 Å². The number of methoxy groups -OCH3 is 1. The van der Waals surface area contributed by atoms with Crippen molar-refractivity contribution in [1.29, 1.82) is 0 Å². The number of amides is 2. The number of rotatable bonds is 5. The van der Waals surface area contributed by atoms with Crippen molar-refractivity contribution >= 4 is 22.9 Å². The van der Waals surface area contributed by atoms with Gasteiger partial charge in [0.25, 0.3) is 0 Å². The minimum absolute atomic E-state index is 0.0377. The van der Waals surface area contributed by atoms with Gasteiger partial charge in [-0.3, -0.25) is 0 Å². The molecule has 5 rings (SSSR count). The van der Waals surface area contributed by atoms with Crippen molar-refractivity contribution in [3.8, 4) is 17.0 Å². The molecule has 2 atom stereocenters. The van der Waals surface area contributed by atoms with Gasteiger partial charge in [-0.05, 0) is 50.1 Å². The number of aromatic amines is 1. The highest BCUT2D eigenvalue weighted by atomic mass is 19.1. The molecule has 37 heavy (non-hydrogen) atoms. The molecule has 0 bridgehead atoms. The molecule has 2 aromatic heterocycles. The zero-order chi connectivity index (χ0) is 26.1. The molecule has 1 aliphatic heterocycles. The maximum Gasteiger partial charge on any atom is 0.318 e. The number of urea groups is 1. The Labute approximate surface area is 215 Å². The zero-order valence-corrected chi connectivity index (χ0v) is 21.5. The highest BCUT2D eigenvalue weighted by molar-refractivity contribution is 5.92. The molecule has 0 radical (unpaired) electrons. The van der Waals surface area contributed by atoms with Gasteiger partial charge in [-0.15, -0.1) is 0 Å². The third-order valence-corrected chi connectivity index (χ3v) is 6.97. The van der Waals surface area contributed by atoms with E-state index in [1.165, 1.54) is 18.7 Å². The second-order valence-corrected chi connectivity index (χ2v) is 9.56. The minimum Gasteiger partial charge on any atom is -0.494 e. The first kappa shape index (κ1) is 24.5. The van der Waals surface area contributed by atoms with E-state index >= 15 is 0 Å². The standard InChI is InChI=1S/C28H31FN6O2/c1-17-5-7-20(8-6-17)24-14-22-26(33-24)30-16-31-27(22)34-11-12-35(18(2)15-34)28(36)32-19(3)21-9-10-23(29)25(13-21)37-4/h5-10,13-14,16,18-19H,11-12,15H2,1-4H3,(H,32,36)(H,30,31,33)/t18-,19+/m1/s1. The fourth-order valence-corrected chi connectivity index (χ4v) is 4.82. The summed E-state index contributed by atoms with van der Waals surface area (Å²) in [6.45, 7) is 7.82. The first-order chi connectivity index (χ1) is 17.8. The lowest BCUT2D eigenvalue weighted by Crippen LogP contribution is -2.57. The van der Waals surface area contributed by atoms with Crippen molar-refractivity contribution in [2.45, 2.75) is 32.9 Å². The largest absolute Gasteiger partial charge is 0.494 e. The first-order valence-corrected chi connectivity index (χ1v) is 12.4. The van der Waals surface area contributed by atoms with Gasteiger partial charge < -0.3 is 24.8 Å². The van der Waals surface area contributed by atoms with Gasteiger partial charge in [0.05, 0.1) is 18.5 Å². The summed E-state index contributed by atoms with van der Waals surface area (Å²) < 4.78 is 18.9. The molecule has 1 aliphatic rings. The van der Waals surface area contributed by atoms with Crippen LogP contribution in [0.3, 0.4) is 0 Å². The van der Waals surface area contributed by atoms with Gasteiger partial charge in [-0.1, -0.05) is 35.9 Å². The number of piperazine rings is 1. The number of anilines is 1. The number of hydrogen-bond donors (Lipinski definition) is 2. The van der Waals surface area contributed by atoms with Crippen molar-refractivity contribution in [3.63, 3.8) is 0 Å². The van der Waals surface area contributed by atoms with E-state index < -0.39 is 5.82 Å². The number of benzene rings is 2. The summed E-state index contributed by atoms with van der Waals surface area (Å²) in [6, 6.07) is 14.6. The number of halogens is 1. The number of carbonyl (C=O) groups is 1. The van der Waals surface area contributed by atoms with Crippen LogP contribution < -0.4 is 15.0 Å². The SMILES string of the molecule is COc1cc([C@H](C)NC(=O)N2CCN(c3ncnc4[nH]c(-c5ccc(C)cc5)cc34)C[C@H]2C)ccc1F. The topological polar surface area (TPSA) is 86.4 Å². The Bertz CT molecular complexity index is 1420. The molecule has 1 fully saturated rings. The lowest BCUT2D eigenvalue weighted by Gasteiger charge is -2.40. The maximum atomic E-state index is 13.8. The number of fused-ring (bicyclic) bond motifs is 1. The van der Waals surface area contributed by atoms with Crippen LogP contribution in [0.2, 0.25) is 0 Å². The molecule has 192 valence electrons. The van der Waals surface area contributed by atoms with Crippen molar-refractivity contribution < 1.29 is 13.9 Å². The third-order valence-electron chi connectivity index (χ3n) is 6.97. The van der Waals surface area contributed by atoms with Crippen LogP contribution in [0, 0.1) is 12.7 Å². The summed E-state index contributed by atoms with van der Waals surface area (Å²) >= 11 is 0. The summed E-state index contributed by atoms with van der Waals surface area (Å²) in [5.74, 6) is 0.590. The second kappa shape index (κ2) is 10.1. The van der Waals surface area contributed by atoms with Gasteiger partial charge in [0, 0.05) is 31.4 Å². The number of H-pyrrole nitrogens is 1. The molecule has 4 aromatic rings. The average Bonchev–Trinajstić information content (AvgIpc) is 3.33. The quantitative estimate of drug-likeness (QED) is 0.398. The Morgan fingerprint density at radius 3 is 2.68 bits per heavy atom. The van der Waals surface area contributed by atoms with Crippen molar-refractivity contribution in [3.05, 3.63) is 71.8 Å². The van der Waals surface area contributed by atoms with Gasteiger partial charge >= 0.3 is 6.03 Å². The minimum atomic E-state index is -0.429. The molecule has 0 aliphatic carbocycles. The van der Waals surface area contributed by atoms with Crippen molar-refractivity contribution in [2.24, 2.45) is 0 Å². The van der Waals surface area contributed by atoms with E-state index in [0.717, 1.165) is 33.7 Å². The fraction of sp³-hybridized carbons (Fsp3) is 0.321. The number of hydrogen-bond acceptors (Lipinski definition) is 5. The molecular formula is C28H31FN6O2. The van der Waals surface area contributed by atoms with E-state index in [1.54, 1.807) is 18.5 Å². The van der Waals surface area contributed by atoms with Crippen LogP contribution in [0.4, 0.5) is 15.0 Å². The highest BCUT2D eigenvalue weighted by Crippen LogP contribution is 2.30. The molecule has 8 nitrogen and oxygen atoms in total. The predicted octanol–water partition coefficient (Wildman–Crippen LogP) is 5.06. The van der Waals surface area contributed by atoms with Crippen LogP contribution in [0.25, 0.3) is 22.3 Å². The van der Waals surface area contributed by atoms with E-state index in [0.29, 0.717) is 19.6 Å². The highest BCUT2D eigenvalue weighted by Gasteiger charge is 2.30. The zero-order valence-electron chi connectivity index (χ0n) is 21.5. The molecule has 0 unspecified atom stereocenters. The van der Waals surface area contributed by atoms with Crippen LogP contribution in [-0.2, 0) is 0 Å². The van der Waals surface area contributed by atoms with E-state index in [2.05, 4.69) is 62.4 Å². The van der Waals surface area contributed by atoms with E-state index in [-0.39, 0.29) is 23.9 Å². The molecule has 0 saturated carbocycles. The number of aromatic nitrogens is 3. The van der Waals surface area contributed by atoms with Crippen LogP contribution in [0.15, 0.2) is 54.9 Å². The number of aryl methyl sites for hydroxylation is 1. The summed E-state index contributed by atoms with van der Waals surface area (Å²) in [5.41, 5.74) is 4.87. The third kappa shape index (κ3) is 4.94. The smallest absolute Gasteiger partial charge is 0.318 e. The summed E-state index contributed by atoms with van der Waals surface area (Å²) in [7, 11) is 1.43. The lowest BCUT2D eigenvalue weighted by molar-refractivity contribution is 0.168. The van der Waals surface area contributed by atoms with Crippen LogP contribution >= 0.6 is 0 Å².